The third-order valence-electron chi connectivity index (χ3n) is 3.41. The lowest BCUT2D eigenvalue weighted by Gasteiger charge is -2.21. The average Bonchev–Trinajstić information content (AvgIpc) is 2.43. The number of benzene rings is 1. The first-order chi connectivity index (χ1) is 10.7. The molecule has 0 aliphatic rings. The number of carboxylic acid groups (broad SMARTS) is 1. The molecule has 0 radical (unpaired) electrons. The molecule has 8 heteroatoms. The Morgan fingerprint density at radius 1 is 1.43 bits per heavy atom. The van der Waals surface area contributed by atoms with Gasteiger partial charge < -0.3 is 14.8 Å². The van der Waals surface area contributed by atoms with Gasteiger partial charge in [0.05, 0.1) is 12.6 Å². The van der Waals surface area contributed by atoms with Crippen LogP contribution < -0.4 is 16.0 Å². The van der Waals surface area contributed by atoms with Crippen LogP contribution in [0.15, 0.2) is 27.8 Å². The Hall–Kier alpha value is -2.64. The van der Waals surface area contributed by atoms with E-state index in [1.807, 2.05) is 0 Å². The Morgan fingerprint density at radius 2 is 2.09 bits per heavy atom. The van der Waals surface area contributed by atoms with Crippen molar-refractivity contribution >= 4 is 16.9 Å². The van der Waals surface area contributed by atoms with Crippen LogP contribution in [-0.4, -0.2) is 33.4 Å². The van der Waals surface area contributed by atoms with Crippen molar-refractivity contribution in [3.8, 4) is 5.75 Å². The van der Waals surface area contributed by atoms with Crippen LogP contribution in [-0.2, 0) is 4.79 Å². The van der Waals surface area contributed by atoms with Crippen molar-refractivity contribution in [3.05, 3.63) is 39.0 Å². The quantitative estimate of drug-likeness (QED) is 0.867. The number of aliphatic carboxylic acids is 1. The van der Waals surface area contributed by atoms with E-state index in [9.17, 15) is 23.9 Å². The second-order valence-corrected chi connectivity index (χ2v) is 5.77. The Kier molecular flexibility index (Phi) is 4.26. The highest BCUT2D eigenvalue weighted by atomic mass is 19.1. The van der Waals surface area contributed by atoms with E-state index < -0.39 is 35.3 Å². The normalized spacial score (nSPS) is 13.0. The highest BCUT2D eigenvalue weighted by molar-refractivity contribution is 5.84. The Balaban J connectivity index is 2.80. The van der Waals surface area contributed by atoms with Gasteiger partial charge in [-0.2, -0.15) is 0 Å². The van der Waals surface area contributed by atoms with Crippen LogP contribution in [0.5, 0.6) is 5.75 Å². The van der Waals surface area contributed by atoms with Gasteiger partial charge in [-0.3, -0.25) is 4.79 Å². The number of aromatic nitrogens is 2. The zero-order chi connectivity index (χ0) is 17.4. The molecule has 1 heterocycles. The Labute approximate surface area is 130 Å². The molecule has 0 saturated carbocycles. The predicted molar refractivity (Wildman–Crippen MR) is 81.9 cm³/mol. The van der Waals surface area contributed by atoms with Crippen molar-refractivity contribution in [3.63, 3.8) is 0 Å². The van der Waals surface area contributed by atoms with Gasteiger partial charge in [-0.05, 0) is 26.0 Å². The summed E-state index contributed by atoms with van der Waals surface area (Å²) in [4.78, 5) is 38.7. The highest BCUT2D eigenvalue weighted by Gasteiger charge is 2.32. The number of hydrogen-bond donors (Lipinski definition) is 2. The molecule has 7 nitrogen and oxygen atoms in total. The minimum Gasteiger partial charge on any atom is -0.496 e. The number of nitrogens with one attached hydrogen (secondary N) is 1. The summed E-state index contributed by atoms with van der Waals surface area (Å²) in [5.41, 5.74) is -3.39. The van der Waals surface area contributed by atoms with Crippen LogP contribution in [0, 0.1) is 0 Å². The number of alkyl halides is 1. The van der Waals surface area contributed by atoms with E-state index in [2.05, 4.69) is 4.98 Å². The second kappa shape index (κ2) is 5.86. The van der Waals surface area contributed by atoms with Crippen LogP contribution in [0.3, 0.4) is 0 Å². The zero-order valence-corrected chi connectivity index (χ0v) is 12.9. The smallest absolute Gasteiger partial charge is 0.329 e. The maximum absolute atomic E-state index is 13.9. The van der Waals surface area contributed by atoms with Crippen molar-refractivity contribution in [2.75, 3.05) is 7.11 Å². The molecule has 1 unspecified atom stereocenters. The molecule has 1 aromatic heterocycles. The summed E-state index contributed by atoms with van der Waals surface area (Å²) in [7, 11) is 1.35. The number of fused-ring (bicyclic) bond motifs is 1. The monoisotopic (exact) mass is 324 g/mol. The molecule has 0 saturated heterocycles. The number of nitrogens with zero attached hydrogens (tertiary/aromatic N) is 1. The van der Waals surface area contributed by atoms with Crippen LogP contribution in [0.25, 0.3) is 10.9 Å². The number of rotatable bonds is 5. The van der Waals surface area contributed by atoms with E-state index in [0.717, 1.165) is 0 Å². The first-order valence-electron chi connectivity index (χ1n) is 6.89. The third kappa shape index (κ3) is 3.25. The summed E-state index contributed by atoms with van der Waals surface area (Å²) >= 11 is 0. The Bertz CT molecular complexity index is 863. The first kappa shape index (κ1) is 16.7. The second-order valence-electron chi connectivity index (χ2n) is 5.77. The van der Waals surface area contributed by atoms with E-state index in [0.29, 0.717) is 4.57 Å². The van der Waals surface area contributed by atoms with Crippen LogP contribution in [0.1, 0.15) is 26.3 Å². The lowest BCUT2D eigenvalue weighted by molar-refractivity contribution is -0.142. The maximum Gasteiger partial charge on any atom is 0.329 e. The number of aromatic amines is 1. The van der Waals surface area contributed by atoms with Crippen molar-refractivity contribution in [1.82, 2.24) is 9.55 Å². The van der Waals surface area contributed by atoms with Gasteiger partial charge in [-0.25, -0.2) is 18.5 Å². The molecule has 2 rings (SSSR count). The van der Waals surface area contributed by atoms with Gasteiger partial charge in [-0.15, -0.1) is 0 Å². The van der Waals surface area contributed by atoms with E-state index in [-0.39, 0.29) is 16.7 Å². The lowest BCUT2D eigenvalue weighted by atomic mass is 10.0. The fourth-order valence-electron chi connectivity index (χ4n) is 2.45. The first-order valence-corrected chi connectivity index (χ1v) is 6.89. The summed E-state index contributed by atoms with van der Waals surface area (Å²) < 4.78 is 19.5. The molecule has 1 aromatic carbocycles. The fourth-order valence-corrected chi connectivity index (χ4v) is 2.45. The molecule has 0 fully saturated rings. The summed E-state index contributed by atoms with van der Waals surface area (Å²) in [6.45, 7) is 2.37. The molecule has 23 heavy (non-hydrogen) atoms. The molecule has 0 aliphatic heterocycles. The van der Waals surface area contributed by atoms with E-state index in [4.69, 9.17) is 4.74 Å². The Morgan fingerprint density at radius 3 is 2.61 bits per heavy atom. The summed E-state index contributed by atoms with van der Waals surface area (Å²) in [5.74, 6) is -1.27. The van der Waals surface area contributed by atoms with Crippen LogP contribution in [0.2, 0.25) is 0 Å². The van der Waals surface area contributed by atoms with Crippen molar-refractivity contribution in [2.45, 2.75) is 32.0 Å². The topological polar surface area (TPSA) is 101 Å². The van der Waals surface area contributed by atoms with Gasteiger partial charge in [0.25, 0.3) is 5.56 Å². The third-order valence-corrected chi connectivity index (χ3v) is 3.41. The van der Waals surface area contributed by atoms with E-state index >= 15 is 0 Å². The van der Waals surface area contributed by atoms with E-state index in [1.54, 1.807) is 6.07 Å². The largest absolute Gasteiger partial charge is 0.496 e. The lowest BCUT2D eigenvalue weighted by Crippen LogP contribution is -2.43. The van der Waals surface area contributed by atoms with Gasteiger partial charge in [0.2, 0.25) is 0 Å². The summed E-state index contributed by atoms with van der Waals surface area (Å²) in [5, 5.41) is 9.37. The van der Waals surface area contributed by atoms with E-state index in [1.165, 1.54) is 33.1 Å². The molecular weight excluding hydrogens is 307 g/mol. The number of carbonyl (C=O) groups is 1. The number of halogens is 1. The summed E-state index contributed by atoms with van der Waals surface area (Å²) in [6.07, 6.45) is -0.522. The highest BCUT2D eigenvalue weighted by Crippen LogP contribution is 2.24. The zero-order valence-electron chi connectivity index (χ0n) is 12.9. The molecule has 0 amide bonds. The van der Waals surface area contributed by atoms with Crippen LogP contribution in [0.4, 0.5) is 4.39 Å². The van der Waals surface area contributed by atoms with Gasteiger partial charge in [0, 0.05) is 6.42 Å². The van der Waals surface area contributed by atoms with Crippen molar-refractivity contribution in [1.29, 1.82) is 0 Å². The predicted octanol–water partition coefficient (Wildman–Crippen LogP) is 1.46. The standard InChI is InChI=1S/C15H17FN2O5/c1-15(2,16)7-9(13(20)21)18-12(19)11-8(17-14(18)22)5-4-6-10(11)23-3/h4-6,9H,7H2,1-3H3,(H,17,22)(H,20,21). The maximum atomic E-state index is 13.9. The number of ether oxygens (including phenoxy) is 1. The number of H-pyrrole nitrogens is 1. The molecule has 2 N–H and O–H groups in total. The minimum absolute atomic E-state index is 0.0394. The van der Waals surface area contributed by atoms with Gasteiger partial charge >= 0.3 is 11.7 Å². The van der Waals surface area contributed by atoms with Gasteiger partial charge in [0.15, 0.2) is 0 Å². The summed E-state index contributed by atoms with van der Waals surface area (Å²) in [6, 6.07) is 2.97. The molecule has 0 bridgehead atoms. The van der Waals surface area contributed by atoms with Crippen LogP contribution >= 0.6 is 0 Å². The fraction of sp³-hybridized carbons (Fsp3) is 0.400. The average molecular weight is 324 g/mol. The number of methoxy groups -OCH3 is 1. The molecular formula is C15H17FN2O5. The van der Waals surface area contributed by atoms with Gasteiger partial charge in [-0.1, -0.05) is 6.07 Å². The SMILES string of the molecule is COc1cccc2[nH]c(=O)n(C(CC(C)(C)F)C(=O)O)c(=O)c12. The molecule has 2 aromatic rings. The van der Waals surface area contributed by atoms with Crippen molar-refractivity contribution in [2.24, 2.45) is 0 Å². The molecule has 1 atom stereocenters. The molecule has 124 valence electrons. The number of hydrogen-bond acceptors (Lipinski definition) is 4. The molecule has 0 spiro atoms. The number of carboxylic acids is 1. The van der Waals surface area contributed by atoms with Gasteiger partial charge in [0.1, 0.15) is 22.8 Å². The minimum atomic E-state index is -1.87. The van der Waals surface area contributed by atoms with Crippen molar-refractivity contribution < 1.29 is 19.0 Å². The molecule has 0 aliphatic carbocycles.